The molecule has 184 valence electrons. The SMILES string of the molecule is Cc1c(COc2ccc3c(c2)C[C@H](O)[C@@H]3NCCN2CCN(C)CC2)cccc1-c1ccccc1. The molecule has 5 heteroatoms. The van der Waals surface area contributed by atoms with Gasteiger partial charge in [-0.2, -0.15) is 0 Å². The first kappa shape index (κ1) is 24.0. The first-order valence-electron chi connectivity index (χ1n) is 12.8. The minimum atomic E-state index is -0.391. The summed E-state index contributed by atoms with van der Waals surface area (Å²) >= 11 is 0. The van der Waals surface area contributed by atoms with Crippen LogP contribution in [0.4, 0.5) is 0 Å². The highest BCUT2D eigenvalue weighted by Crippen LogP contribution is 2.34. The van der Waals surface area contributed by atoms with Crippen molar-refractivity contribution in [1.82, 2.24) is 15.1 Å². The van der Waals surface area contributed by atoms with E-state index in [1.54, 1.807) is 0 Å². The summed E-state index contributed by atoms with van der Waals surface area (Å²) in [5.74, 6) is 0.860. The maximum Gasteiger partial charge on any atom is 0.120 e. The summed E-state index contributed by atoms with van der Waals surface area (Å²) in [6, 6.07) is 23.2. The number of likely N-dealkylation sites (N-methyl/N-ethyl adjacent to an activating group) is 1. The fourth-order valence-electron chi connectivity index (χ4n) is 5.33. The van der Waals surface area contributed by atoms with Crippen LogP contribution in [-0.2, 0) is 13.0 Å². The Kier molecular flexibility index (Phi) is 7.49. The van der Waals surface area contributed by atoms with E-state index in [4.69, 9.17) is 4.74 Å². The number of hydrogen-bond donors (Lipinski definition) is 2. The first-order valence-corrected chi connectivity index (χ1v) is 12.8. The molecule has 1 fully saturated rings. The predicted molar refractivity (Wildman–Crippen MR) is 142 cm³/mol. The average molecular weight is 472 g/mol. The number of nitrogens with zero attached hydrogens (tertiary/aromatic N) is 2. The van der Waals surface area contributed by atoms with Crippen molar-refractivity contribution in [3.05, 3.63) is 89.0 Å². The van der Waals surface area contributed by atoms with Crippen LogP contribution < -0.4 is 10.1 Å². The van der Waals surface area contributed by atoms with Gasteiger partial charge >= 0.3 is 0 Å². The summed E-state index contributed by atoms with van der Waals surface area (Å²) in [5.41, 5.74) is 7.29. The topological polar surface area (TPSA) is 48.0 Å². The lowest BCUT2D eigenvalue weighted by Crippen LogP contribution is -2.47. The molecular weight excluding hydrogens is 434 g/mol. The number of benzene rings is 3. The molecule has 1 aliphatic carbocycles. The van der Waals surface area contributed by atoms with Crippen molar-refractivity contribution in [1.29, 1.82) is 0 Å². The van der Waals surface area contributed by atoms with Gasteiger partial charge in [0.2, 0.25) is 0 Å². The standard InChI is InChI=1S/C30H37N3O2/c1-22-24(9-6-10-27(22)23-7-4-3-5-8-23)21-35-26-11-12-28-25(19-26)20-29(34)30(28)31-13-14-33-17-15-32(2)16-18-33/h3-12,19,29-31,34H,13-18,20-21H2,1-2H3/t29-,30+/m0/s1. The summed E-state index contributed by atoms with van der Waals surface area (Å²) in [6.07, 6.45) is 0.277. The normalized spacial score (nSPS) is 20.7. The predicted octanol–water partition coefficient (Wildman–Crippen LogP) is 4.04. The molecule has 0 radical (unpaired) electrons. The van der Waals surface area contributed by atoms with Gasteiger partial charge in [0.25, 0.3) is 0 Å². The average Bonchev–Trinajstić information content (AvgIpc) is 3.19. The summed E-state index contributed by atoms with van der Waals surface area (Å²) in [7, 11) is 2.18. The van der Waals surface area contributed by atoms with Crippen LogP contribution in [0, 0.1) is 6.92 Å². The van der Waals surface area contributed by atoms with E-state index in [1.165, 1.54) is 33.4 Å². The van der Waals surface area contributed by atoms with Crippen molar-refractivity contribution in [2.24, 2.45) is 0 Å². The molecule has 0 saturated carbocycles. The maximum absolute atomic E-state index is 10.7. The third kappa shape index (κ3) is 5.60. The monoisotopic (exact) mass is 471 g/mol. The molecule has 1 saturated heterocycles. The summed E-state index contributed by atoms with van der Waals surface area (Å²) < 4.78 is 6.22. The van der Waals surface area contributed by atoms with Gasteiger partial charge in [-0.3, -0.25) is 4.90 Å². The fourth-order valence-corrected chi connectivity index (χ4v) is 5.33. The van der Waals surface area contributed by atoms with Gasteiger partial charge in [0, 0.05) is 45.7 Å². The number of piperazine rings is 1. The summed E-state index contributed by atoms with van der Waals surface area (Å²) in [4.78, 5) is 4.88. The van der Waals surface area contributed by atoms with E-state index in [1.807, 2.05) is 12.1 Å². The van der Waals surface area contributed by atoms with Gasteiger partial charge in [-0.25, -0.2) is 0 Å². The molecule has 0 amide bonds. The molecular formula is C30H37N3O2. The van der Waals surface area contributed by atoms with Crippen LogP contribution in [0.5, 0.6) is 5.75 Å². The van der Waals surface area contributed by atoms with E-state index in [2.05, 4.69) is 83.7 Å². The quantitative estimate of drug-likeness (QED) is 0.519. The van der Waals surface area contributed by atoms with Crippen molar-refractivity contribution < 1.29 is 9.84 Å². The lowest BCUT2D eigenvalue weighted by molar-refractivity contribution is 0.129. The molecule has 2 atom stereocenters. The van der Waals surface area contributed by atoms with Crippen LogP contribution in [-0.4, -0.2) is 67.3 Å². The number of fused-ring (bicyclic) bond motifs is 1. The van der Waals surface area contributed by atoms with Crippen LogP contribution in [0.15, 0.2) is 66.7 Å². The van der Waals surface area contributed by atoms with E-state index in [-0.39, 0.29) is 6.04 Å². The zero-order valence-corrected chi connectivity index (χ0v) is 20.9. The molecule has 3 aromatic carbocycles. The third-order valence-corrected chi connectivity index (χ3v) is 7.58. The van der Waals surface area contributed by atoms with Crippen LogP contribution in [0.2, 0.25) is 0 Å². The molecule has 1 heterocycles. The van der Waals surface area contributed by atoms with Gasteiger partial charge < -0.3 is 20.1 Å². The highest BCUT2D eigenvalue weighted by Gasteiger charge is 2.31. The third-order valence-electron chi connectivity index (χ3n) is 7.58. The van der Waals surface area contributed by atoms with Gasteiger partial charge in [0.05, 0.1) is 12.1 Å². The molecule has 0 spiro atoms. The Morgan fingerprint density at radius 1 is 0.971 bits per heavy atom. The molecule has 2 N–H and O–H groups in total. The second-order valence-electron chi connectivity index (χ2n) is 9.95. The molecule has 0 aromatic heterocycles. The largest absolute Gasteiger partial charge is 0.489 e. The Labute approximate surface area is 209 Å². The molecule has 0 bridgehead atoms. The lowest BCUT2D eigenvalue weighted by Gasteiger charge is -2.32. The zero-order chi connectivity index (χ0) is 24.2. The fraction of sp³-hybridized carbons (Fsp3) is 0.400. The van der Waals surface area contributed by atoms with Gasteiger partial charge in [0.15, 0.2) is 0 Å². The Bertz CT molecular complexity index is 1130. The first-order chi connectivity index (χ1) is 17.1. The molecule has 5 rings (SSSR count). The molecule has 2 aliphatic rings. The number of ether oxygens (including phenoxy) is 1. The van der Waals surface area contributed by atoms with Gasteiger partial charge in [0.1, 0.15) is 12.4 Å². The minimum absolute atomic E-state index is 0.00341. The van der Waals surface area contributed by atoms with Gasteiger partial charge in [-0.15, -0.1) is 0 Å². The number of rotatable bonds is 8. The summed E-state index contributed by atoms with van der Waals surface area (Å²) in [6.45, 7) is 9.11. The van der Waals surface area contributed by atoms with Crippen molar-refractivity contribution >= 4 is 0 Å². The molecule has 5 nitrogen and oxygen atoms in total. The highest BCUT2D eigenvalue weighted by atomic mass is 16.5. The van der Waals surface area contributed by atoms with E-state index < -0.39 is 6.10 Å². The van der Waals surface area contributed by atoms with Gasteiger partial charge in [-0.1, -0.05) is 54.6 Å². The van der Waals surface area contributed by atoms with Crippen LogP contribution in [0.3, 0.4) is 0 Å². The van der Waals surface area contributed by atoms with Crippen molar-refractivity contribution in [2.75, 3.05) is 46.3 Å². The highest BCUT2D eigenvalue weighted by molar-refractivity contribution is 5.68. The Balaban J connectivity index is 1.19. The number of nitrogens with one attached hydrogen (secondary N) is 1. The Morgan fingerprint density at radius 2 is 1.77 bits per heavy atom. The van der Waals surface area contributed by atoms with Crippen LogP contribution in [0.25, 0.3) is 11.1 Å². The molecule has 3 aromatic rings. The van der Waals surface area contributed by atoms with Crippen molar-refractivity contribution in [3.8, 4) is 16.9 Å². The number of aliphatic hydroxyl groups is 1. The Hall–Kier alpha value is -2.70. The second-order valence-corrected chi connectivity index (χ2v) is 9.95. The van der Waals surface area contributed by atoms with Crippen molar-refractivity contribution in [2.45, 2.75) is 32.1 Å². The summed E-state index contributed by atoms with van der Waals surface area (Å²) in [5, 5.41) is 14.3. The van der Waals surface area contributed by atoms with Gasteiger partial charge in [-0.05, 0) is 59.5 Å². The lowest BCUT2D eigenvalue weighted by atomic mass is 9.97. The van der Waals surface area contributed by atoms with Crippen molar-refractivity contribution in [3.63, 3.8) is 0 Å². The van der Waals surface area contributed by atoms with Crippen LogP contribution in [0.1, 0.15) is 28.3 Å². The minimum Gasteiger partial charge on any atom is -0.489 e. The smallest absolute Gasteiger partial charge is 0.120 e. The second kappa shape index (κ2) is 10.9. The van der Waals surface area contributed by atoms with E-state index >= 15 is 0 Å². The number of aliphatic hydroxyl groups excluding tert-OH is 1. The van der Waals surface area contributed by atoms with Crippen LogP contribution >= 0.6 is 0 Å². The maximum atomic E-state index is 10.7. The molecule has 35 heavy (non-hydrogen) atoms. The Morgan fingerprint density at radius 3 is 2.57 bits per heavy atom. The van der Waals surface area contributed by atoms with E-state index in [9.17, 15) is 5.11 Å². The van der Waals surface area contributed by atoms with E-state index in [0.717, 1.165) is 45.0 Å². The molecule has 0 unspecified atom stereocenters. The number of hydrogen-bond acceptors (Lipinski definition) is 5. The van der Waals surface area contributed by atoms with E-state index in [0.29, 0.717) is 13.0 Å². The molecule has 1 aliphatic heterocycles. The zero-order valence-electron chi connectivity index (χ0n) is 20.9.